The first-order chi connectivity index (χ1) is 10.2. The van der Waals surface area contributed by atoms with Crippen LogP contribution < -0.4 is 9.47 Å². The third kappa shape index (κ3) is 3.09. The largest absolute Gasteiger partial charge is 0.485 e. The van der Waals surface area contributed by atoms with Crippen molar-refractivity contribution < 1.29 is 23.8 Å². The summed E-state index contributed by atoms with van der Waals surface area (Å²) in [4.78, 5) is 25.4. The van der Waals surface area contributed by atoms with Gasteiger partial charge in [-0.3, -0.25) is 4.79 Å². The number of carbonyl (C=O) groups excluding carboxylic acids is 2. The van der Waals surface area contributed by atoms with Crippen LogP contribution in [0.25, 0.3) is 0 Å². The van der Waals surface area contributed by atoms with Gasteiger partial charge in [0.2, 0.25) is 6.10 Å². The Labute approximate surface area is 122 Å². The number of rotatable bonds is 3. The molecule has 0 spiro atoms. The zero-order valence-corrected chi connectivity index (χ0v) is 11.6. The summed E-state index contributed by atoms with van der Waals surface area (Å²) in [6.45, 7) is 1.34. The lowest BCUT2D eigenvalue weighted by atomic mass is 10.2. The number of likely N-dealkylation sites (tertiary alicyclic amines) is 1. The number of hydrogen-bond donors (Lipinski definition) is 0. The van der Waals surface area contributed by atoms with Gasteiger partial charge < -0.3 is 19.1 Å². The van der Waals surface area contributed by atoms with Gasteiger partial charge in [0.05, 0.1) is 0 Å². The molecule has 1 amide bonds. The van der Waals surface area contributed by atoms with E-state index >= 15 is 0 Å². The second-order valence-electron chi connectivity index (χ2n) is 5.06. The number of hydrogen-bond acceptors (Lipinski definition) is 5. The Bertz CT molecular complexity index is 539. The smallest absolute Gasteiger partial charge is 0.351 e. The zero-order chi connectivity index (χ0) is 14.7. The van der Waals surface area contributed by atoms with Crippen molar-refractivity contribution in [2.75, 3.05) is 26.3 Å². The number of amides is 1. The maximum atomic E-state index is 11.9. The molecule has 112 valence electrons. The Morgan fingerprint density at radius 3 is 2.67 bits per heavy atom. The Morgan fingerprint density at radius 1 is 1.19 bits per heavy atom. The molecule has 1 aromatic rings. The predicted molar refractivity (Wildman–Crippen MR) is 73.1 cm³/mol. The Balaban J connectivity index is 1.51. The second kappa shape index (κ2) is 6.03. The molecular formula is C15H17NO5. The van der Waals surface area contributed by atoms with E-state index in [0.717, 1.165) is 25.9 Å². The minimum Gasteiger partial charge on any atom is -0.485 e. The fraction of sp³-hybridized carbons (Fsp3) is 0.467. The lowest BCUT2D eigenvalue weighted by Gasteiger charge is -2.25. The molecular weight excluding hydrogens is 274 g/mol. The van der Waals surface area contributed by atoms with E-state index in [9.17, 15) is 9.59 Å². The average molecular weight is 291 g/mol. The fourth-order valence-corrected chi connectivity index (χ4v) is 2.42. The molecule has 0 bridgehead atoms. The number of carbonyl (C=O) groups is 2. The first-order valence-corrected chi connectivity index (χ1v) is 7.07. The molecule has 2 aliphatic rings. The van der Waals surface area contributed by atoms with Crippen LogP contribution in [0.2, 0.25) is 0 Å². The predicted octanol–water partition coefficient (Wildman–Crippen LogP) is 0.992. The molecule has 0 saturated carbocycles. The van der Waals surface area contributed by atoms with Crippen molar-refractivity contribution in [3.8, 4) is 11.5 Å². The molecule has 3 rings (SSSR count). The quantitative estimate of drug-likeness (QED) is 0.777. The lowest BCUT2D eigenvalue weighted by Crippen LogP contribution is -2.40. The van der Waals surface area contributed by atoms with Gasteiger partial charge in [-0.1, -0.05) is 12.1 Å². The molecule has 1 atom stereocenters. The van der Waals surface area contributed by atoms with Crippen LogP contribution in [0.5, 0.6) is 11.5 Å². The van der Waals surface area contributed by atoms with E-state index in [1.807, 2.05) is 6.07 Å². The number of nitrogens with zero attached hydrogens (tertiary/aromatic N) is 1. The summed E-state index contributed by atoms with van der Waals surface area (Å²) in [6.07, 6.45) is 1.19. The van der Waals surface area contributed by atoms with Gasteiger partial charge in [0, 0.05) is 13.1 Å². The number of esters is 1. The van der Waals surface area contributed by atoms with Gasteiger partial charge in [-0.15, -0.1) is 0 Å². The Kier molecular flexibility index (Phi) is 3.94. The van der Waals surface area contributed by atoms with Gasteiger partial charge in [0.25, 0.3) is 5.91 Å². The van der Waals surface area contributed by atoms with Gasteiger partial charge in [0.1, 0.15) is 6.61 Å². The average Bonchev–Trinajstić information content (AvgIpc) is 3.06. The topological polar surface area (TPSA) is 65.1 Å². The summed E-state index contributed by atoms with van der Waals surface area (Å²) in [5.74, 6) is 0.390. The molecule has 0 aliphatic carbocycles. The molecule has 21 heavy (non-hydrogen) atoms. The number of para-hydroxylation sites is 2. The molecule has 1 saturated heterocycles. The summed E-state index contributed by atoms with van der Waals surface area (Å²) < 4.78 is 16.0. The van der Waals surface area contributed by atoms with Gasteiger partial charge in [-0.05, 0) is 25.0 Å². The summed E-state index contributed by atoms with van der Waals surface area (Å²) >= 11 is 0. The number of ether oxygens (including phenoxy) is 3. The van der Waals surface area contributed by atoms with Crippen LogP contribution in [0.4, 0.5) is 0 Å². The van der Waals surface area contributed by atoms with E-state index in [-0.39, 0.29) is 19.1 Å². The van der Waals surface area contributed by atoms with Gasteiger partial charge in [-0.2, -0.15) is 0 Å². The zero-order valence-electron chi connectivity index (χ0n) is 11.6. The highest BCUT2D eigenvalue weighted by molar-refractivity contribution is 5.82. The molecule has 1 aromatic carbocycles. The lowest BCUT2D eigenvalue weighted by molar-refractivity contribution is -0.159. The highest BCUT2D eigenvalue weighted by atomic mass is 16.6. The van der Waals surface area contributed by atoms with Crippen molar-refractivity contribution >= 4 is 11.9 Å². The van der Waals surface area contributed by atoms with E-state index in [4.69, 9.17) is 14.2 Å². The fourth-order valence-electron chi connectivity index (χ4n) is 2.42. The van der Waals surface area contributed by atoms with E-state index in [1.54, 1.807) is 23.1 Å². The van der Waals surface area contributed by atoms with Crippen molar-refractivity contribution in [1.82, 2.24) is 4.90 Å². The minimum atomic E-state index is -0.828. The normalized spacial score (nSPS) is 20.2. The molecule has 6 heteroatoms. The first kappa shape index (κ1) is 13.7. The highest BCUT2D eigenvalue weighted by Gasteiger charge is 2.29. The number of benzene rings is 1. The SMILES string of the molecule is O=C(OCC(=O)N1CCCC1)[C@@H]1COc2ccccc2O1. The maximum absolute atomic E-state index is 11.9. The molecule has 0 N–H and O–H groups in total. The van der Waals surface area contributed by atoms with E-state index in [2.05, 4.69) is 0 Å². The van der Waals surface area contributed by atoms with Crippen molar-refractivity contribution in [3.05, 3.63) is 24.3 Å². The van der Waals surface area contributed by atoms with Crippen LogP contribution in [0.1, 0.15) is 12.8 Å². The summed E-state index contributed by atoms with van der Waals surface area (Å²) in [5.41, 5.74) is 0. The van der Waals surface area contributed by atoms with E-state index in [0.29, 0.717) is 11.5 Å². The van der Waals surface area contributed by atoms with Crippen molar-refractivity contribution in [3.63, 3.8) is 0 Å². The van der Waals surface area contributed by atoms with Crippen LogP contribution in [0.15, 0.2) is 24.3 Å². The van der Waals surface area contributed by atoms with Crippen LogP contribution in [-0.2, 0) is 14.3 Å². The minimum absolute atomic E-state index is 0.0910. The molecule has 0 unspecified atom stereocenters. The molecule has 0 aromatic heterocycles. The summed E-state index contributed by atoms with van der Waals surface area (Å²) in [7, 11) is 0. The molecule has 1 fully saturated rings. The Morgan fingerprint density at radius 2 is 1.90 bits per heavy atom. The molecule has 2 aliphatic heterocycles. The van der Waals surface area contributed by atoms with Crippen molar-refractivity contribution in [2.45, 2.75) is 18.9 Å². The van der Waals surface area contributed by atoms with Crippen LogP contribution in [0.3, 0.4) is 0 Å². The van der Waals surface area contributed by atoms with Crippen molar-refractivity contribution in [2.24, 2.45) is 0 Å². The molecule has 2 heterocycles. The van der Waals surface area contributed by atoms with Gasteiger partial charge in [-0.25, -0.2) is 4.79 Å². The van der Waals surface area contributed by atoms with Crippen molar-refractivity contribution in [1.29, 1.82) is 0 Å². The first-order valence-electron chi connectivity index (χ1n) is 7.07. The third-order valence-corrected chi connectivity index (χ3v) is 3.57. The van der Waals surface area contributed by atoms with E-state index in [1.165, 1.54) is 0 Å². The number of fused-ring (bicyclic) bond motifs is 1. The second-order valence-corrected chi connectivity index (χ2v) is 5.06. The maximum Gasteiger partial charge on any atom is 0.351 e. The molecule has 0 radical (unpaired) electrons. The van der Waals surface area contributed by atoms with Gasteiger partial charge in [0.15, 0.2) is 18.1 Å². The molecule has 6 nitrogen and oxygen atoms in total. The summed E-state index contributed by atoms with van der Waals surface area (Å²) in [5, 5.41) is 0. The summed E-state index contributed by atoms with van der Waals surface area (Å²) in [6, 6.07) is 7.13. The van der Waals surface area contributed by atoms with Crippen LogP contribution >= 0.6 is 0 Å². The van der Waals surface area contributed by atoms with Gasteiger partial charge >= 0.3 is 5.97 Å². The standard InChI is InChI=1S/C15H17NO5/c17-14(16-7-3-4-8-16)10-20-15(18)13-9-19-11-5-1-2-6-12(11)21-13/h1-2,5-6,13H,3-4,7-10H2/t13-/m0/s1. The third-order valence-electron chi connectivity index (χ3n) is 3.57. The highest BCUT2D eigenvalue weighted by Crippen LogP contribution is 2.31. The van der Waals surface area contributed by atoms with E-state index < -0.39 is 12.1 Å². The van der Waals surface area contributed by atoms with Crippen LogP contribution in [0, 0.1) is 0 Å². The Hall–Kier alpha value is -2.24. The monoisotopic (exact) mass is 291 g/mol. The van der Waals surface area contributed by atoms with Crippen LogP contribution in [-0.4, -0.2) is 49.2 Å².